The first kappa shape index (κ1) is 26.5. The molecule has 0 aliphatic carbocycles. The standard InChI is InChI=1S/C10H13F9O3S.Na/c11-7(12,5-3-1-2-4-6-8(13,14)15)9(16,17)10(18,19)23(20,21)22;/h1-6H2,(H,20,21,22);/q;+1/p-1. The quantitative estimate of drug-likeness (QED) is 0.251. The van der Waals surface area contributed by atoms with Crippen molar-refractivity contribution >= 4 is 10.1 Å². The molecule has 14 heteroatoms. The van der Waals surface area contributed by atoms with Gasteiger partial charge in [0.15, 0.2) is 10.1 Å². The molecule has 0 heterocycles. The van der Waals surface area contributed by atoms with Crippen molar-refractivity contribution in [3.63, 3.8) is 0 Å². The van der Waals surface area contributed by atoms with Gasteiger partial charge in [-0.2, -0.15) is 39.5 Å². The van der Waals surface area contributed by atoms with E-state index in [1.807, 2.05) is 0 Å². The third-order valence-electron chi connectivity index (χ3n) is 2.84. The van der Waals surface area contributed by atoms with Crippen molar-refractivity contribution in [1.29, 1.82) is 0 Å². The molecule has 0 radical (unpaired) electrons. The van der Waals surface area contributed by atoms with Crippen molar-refractivity contribution in [3.05, 3.63) is 0 Å². The maximum Gasteiger partial charge on any atom is 1.00 e. The Morgan fingerprint density at radius 3 is 1.42 bits per heavy atom. The summed E-state index contributed by atoms with van der Waals surface area (Å²) in [4.78, 5) is 0. The molecule has 0 aliphatic heterocycles. The van der Waals surface area contributed by atoms with E-state index >= 15 is 0 Å². The van der Waals surface area contributed by atoms with Gasteiger partial charge in [-0.05, 0) is 12.8 Å². The molecule has 0 amide bonds. The van der Waals surface area contributed by atoms with Crippen LogP contribution in [0.2, 0.25) is 0 Å². The normalized spacial score (nSPS) is 14.4. The Balaban J connectivity index is 0. The second kappa shape index (κ2) is 8.78. The van der Waals surface area contributed by atoms with E-state index in [0.717, 1.165) is 0 Å². The van der Waals surface area contributed by atoms with Gasteiger partial charge in [0.05, 0.1) is 0 Å². The molecule has 3 nitrogen and oxygen atoms in total. The van der Waals surface area contributed by atoms with Gasteiger partial charge in [0.25, 0.3) is 0 Å². The van der Waals surface area contributed by atoms with Crippen LogP contribution in [0.5, 0.6) is 0 Å². The van der Waals surface area contributed by atoms with Crippen molar-refractivity contribution in [3.8, 4) is 0 Å². The first-order valence-electron chi connectivity index (χ1n) is 6.11. The summed E-state index contributed by atoms with van der Waals surface area (Å²) >= 11 is 0. The van der Waals surface area contributed by atoms with Gasteiger partial charge in [0.2, 0.25) is 0 Å². The van der Waals surface area contributed by atoms with Crippen LogP contribution in [0.15, 0.2) is 0 Å². The van der Waals surface area contributed by atoms with E-state index in [4.69, 9.17) is 0 Å². The zero-order valence-electron chi connectivity index (χ0n) is 12.3. The summed E-state index contributed by atoms with van der Waals surface area (Å²) < 4.78 is 143. The van der Waals surface area contributed by atoms with Gasteiger partial charge in [0, 0.05) is 12.8 Å². The van der Waals surface area contributed by atoms with E-state index in [0.29, 0.717) is 0 Å². The van der Waals surface area contributed by atoms with Crippen LogP contribution in [-0.2, 0) is 10.1 Å². The summed E-state index contributed by atoms with van der Waals surface area (Å²) in [6, 6.07) is 0. The molecule has 0 aliphatic rings. The van der Waals surface area contributed by atoms with E-state index in [9.17, 15) is 52.5 Å². The van der Waals surface area contributed by atoms with Crippen LogP contribution in [0.1, 0.15) is 38.5 Å². The molecule has 0 bridgehead atoms. The summed E-state index contributed by atoms with van der Waals surface area (Å²) in [6.45, 7) is 0. The molecule has 0 aromatic rings. The molecular formula is C10H12F9NaO3S. The molecule has 140 valence electrons. The molecule has 0 spiro atoms. The summed E-state index contributed by atoms with van der Waals surface area (Å²) in [5.41, 5.74) is 0. The number of rotatable bonds is 9. The Labute approximate surface area is 154 Å². The average molecular weight is 406 g/mol. The van der Waals surface area contributed by atoms with Gasteiger partial charge in [-0.3, -0.25) is 0 Å². The Kier molecular flexibility index (Phi) is 9.70. The largest absolute Gasteiger partial charge is 1.00 e. The molecule has 0 saturated heterocycles. The zero-order chi connectivity index (χ0) is 18.7. The summed E-state index contributed by atoms with van der Waals surface area (Å²) in [6.07, 6.45) is -9.56. The van der Waals surface area contributed by atoms with Crippen molar-refractivity contribution in [2.24, 2.45) is 0 Å². The number of halogens is 9. The first-order chi connectivity index (χ1) is 9.96. The van der Waals surface area contributed by atoms with Crippen molar-refractivity contribution in [2.45, 2.75) is 61.8 Å². The fraction of sp³-hybridized carbons (Fsp3) is 1.00. The smallest absolute Gasteiger partial charge is 0.743 e. The van der Waals surface area contributed by atoms with Gasteiger partial charge in [-0.15, -0.1) is 0 Å². The van der Waals surface area contributed by atoms with Gasteiger partial charge >= 0.3 is 52.8 Å². The van der Waals surface area contributed by atoms with Gasteiger partial charge in [-0.25, -0.2) is 8.42 Å². The molecule has 0 fully saturated rings. The van der Waals surface area contributed by atoms with Gasteiger partial charge in [-0.1, -0.05) is 12.8 Å². The zero-order valence-corrected chi connectivity index (χ0v) is 15.1. The number of unbranched alkanes of at least 4 members (excludes halogenated alkanes) is 3. The minimum Gasteiger partial charge on any atom is -0.743 e. The van der Waals surface area contributed by atoms with Crippen LogP contribution in [0, 0.1) is 0 Å². The van der Waals surface area contributed by atoms with Gasteiger partial charge in [0.1, 0.15) is 0 Å². The summed E-state index contributed by atoms with van der Waals surface area (Å²) in [5, 5.41) is -6.51. The molecule has 0 aromatic carbocycles. The maximum absolute atomic E-state index is 13.1. The molecule has 0 saturated carbocycles. The van der Waals surface area contributed by atoms with E-state index in [2.05, 4.69) is 0 Å². The first-order valence-corrected chi connectivity index (χ1v) is 7.52. The molecule has 0 unspecified atom stereocenters. The SMILES string of the molecule is O=S(=O)([O-])C(F)(F)C(F)(F)C(F)(F)CCCCCCC(F)(F)F.[Na+]. The fourth-order valence-electron chi connectivity index (χ4n) is 1.55. The van der Waals surface area contributed by atoms with Crippen LogP contribution in [0.25, 0.3) is 0 Å². The monoisotopic (exact) mass is 406 g/mol. The maximum atomic E-state index is 13.1. The van der Waals surface area contributed by atoms with Crippen LogP contribution in [-0.4, -0.2) is 36.2 Å². The van der Waals surface area contributed by atoms with Crippen LogP contribution in [0.3, 0.4) is 0 Å². The number of alkyl halides is 9. The second-order valence-electron chi connectivity index (χ2n) is 4.78. The Bertz CT molecular complexity index is 490. The molecule has 0 N–H and O–H groups in total. The van der Waals surface area contributed by atoms with Crippen LogP contribution in [0.4, 0.5) is 39.5 Å². The van der Waals surface area contributed by atoms with Crippen molar-refractivity contribution in [1.82, 2.24) is 0 Å². The van der Waals surface area contributed by atoms with Crippen LogP contribution >= 0.6 is 0 Å². The third-order valence-corrected chi connectivity index (χ3v) is 3.72. The Hall–Kier alpha value is 0.280. The van der Waals surface area contributed by atoms with Crippen molar-refractivity contribution < 1.29 is 82.0 Å². The fourth-order valence-corrected chi connectivity index (χ4v) is 2.02. The number of hydrogen-bond acceptors (Lipinski definition) is 3. The van der Waals surface area contributed by atoms with E-state index in [1.165, 1.54) is 0 Å². The third kappa shape index (κ3) is 6.89. The van der Waals surface area contributed by atoms with E-state index < -0.39 is 65.5 Å². The van der Waals surface area contributed by atoms with E-state index in [-0.39, 0.29) is 36.0 Å². The van der Waals surface area contributed by atoms with Gasteiger partial charge < -0.3 is 4.55 Å². The second-order valence-corrected chi connectivity index (χ2v) is 6.20. The average Bonchev–Trinajstić information content (AvgIpc) is 2.30. The predicted molar refractivity (Wildman–Crippen MR) is 58.3 cm³/mol. The molecular weight excluding hydrogens is 394 g/mol. The van der Waals surface area contributed by atoms with E-state index in [1.54, 1.807) is 0 Å². The summed E-state index contributed by atoms with van der Waals surface area (Å²) in [5.74, 6) is -12.0. The molecule has 0 rings (SSSR count). The Morgan fingerprint density at radius 1 is 0.708 bits per heavy atom. The summed E-state index contributed by atoms with van der Waals surface area (Å²) in [7, 11) is -7.04. The Morgan fingerprint density at radius 2 is 1.08 bits per heavy atom. The molecule has 0 atom stereocenters. The molecule has 24 heavy (non-hydrogen) atoms. The minimum atomic E-state index is -7.04. The number of hydrogen-bond donors (Lipinski definition) is 0. The minimum absolute atomic E-state index is 0. The van der Waals surface area contributed by atoms with Crippen molar-refractivity contribution in [2.75, 3.05) is 0 Å². The van der Waals surface area contributed by atoms with Crippen LogP contribution < -0.4 is 29.6 Å². The molecule has 0 aromatic heterocycles. The topological polar surface area (TPSA) is 57.2 Å². The predicted octanol–water partition coefficient (Wildman–Crippen LogP) is 1.30.